The highest BCUT2D eigenvalue weighted by Crippen LogP contribution is 2.08. The molecule has 1 rings (SSSR count). The molecule has 0 unspecified atom stereocenters. The molecule has 0 aliphatic heterocycles. The third-order valence-corrected chi connectivity index (χ3v) is 2.97. The van der Waals surface area contributed by atoms with E-state index in [-0.39, 0.29) is 11.8 Å². The maximum absolute atomic E-state index is 12.0. The van der Waals surface area contributed by atoms with Gasteiger partial charge in [0.1, 0.15) is 5.69 Å². The van der Waals surface area contributed by atoms with Crippen molar-refractivity contribution in [2.45, 2.75) is 20.3 Å². The van der Waals surface area contributed by atoms with E-state index in [0.717, 1.165) is 19.5 Å². The van der Waals surface area contributed by atoms with Crippen molar-refractivity contribution in [3.63, 3.8) is 0 Å². The van der Waals surface area contributed by atoms with Crippen LogP contribution in [-0.2, 0) is 0 Å². The van der Waals surface area contributed by atoms with E-state index >= 15 is 0 Å². The molecular weight excluding hydrogens is 268 g/mol. The Morgan fingerprint density at radius 1 is 1.19 bits per heavy atom. The molecule has 2 amide bonds. The molecule has 116 valence electrons. The Balaban J connectivity index is 2.63. The second kappa shape index (κ2) is 8.36. The van der Waals surface area contributed by atoms with Crippen LogP contribution in [0.1, 0.15) is 39.9 Å². The van der Waals surface area contributed by atoms with Crippen molar-refractivity contribution in [1.29, 1.82) is 0 Å². The molecule has 0 aliphatic rings. The lowest BCUT2D eigenvalue weighted by Gasteiger charge is -2.12. The van der Waals surface area contributed by atoms with Gasteiger partial charge in [-0.05, 0) is 32.0 Å². The lowest BCUT2D eigenvalue weighted by Crippen LogP contribution is -2.32. The summed E-state index contributed by atoms with van der Waals surface area (Å²) < 4.78 is 0. The van der Waals surface area contributed by atoms with Crippen molar-refractivity contribution in [1.82, 2.24) is 20.5 Å². The first-order valence-corrected chi connectivity index (χ1v) is 7.15. The summed E-state index contributed by atoms with van der Waals surface area (Å²) in [6.07, 6.45) is 1.07. The van der Waals surface area contributed by atoms with E-state index in [1.807, 2.05) is 0 Å². The molecule has 0 saturated heterocycles. The minimum Gasteiger partial charge on any atom is -0.351 e. The molecule has 0 fully saturated rings. The summed E-state index contributed by atoms with van der Waals surface area (Å²) in [4.78, 5) is 29.5. The third-order valence-electron chi connectivity index (χ3n) is 2.97. The van der Waals surface area contributed by atoms with Gasteiger partial charge in [0.15, 0.2) is 0 Å². The van der Waals surface area contributed by atoms with Crippen molar-refractivity contribution in [3.8, 4) is 0 Å². The maximum Gasteiger partial charge on any atom is 0.271 e. The van der Waals surface area contributed by atoms with Gasteiger partial charge in [0.05, 0.1) is 11.3 Å². The predicted molar refractivity (Wildman–Crippen MR) is 82.5 cm³/mol. The van der Waals surface area contributed by atoms with Crippen LogP contribution in [0.15, 0.2) is 12.1 Å². The summed E-state index contributed by atoms with van der Waals surface area (Å²) in [7, 11) is 3.34. The molecule has 0 aromatic carbocycles. The fourth-order valence-corrected chi connectivity index (χ4v) is 1.81. The number of rotatable bonds is 7. The van der Waals surface area contributed by atoms with Gasteiger partial charge in [-0.25, -0.2) is 4.98 Å². The van der Waals surface area contributed by atoms with Crippen LogP contribution in [-0.4, -0.2) is 55.4 Å². The van der Waals surface area contributed by atoms with Crippen molar-refractivity contribution in [2.75, 3.05) is 33.7 Å². The van der Waals surface area contributed by atoms with E-state index in [4.69, 9.17) is 0 Å². The Bertz CT molecular complexity index is 500. The monoisotopic (exact) mass is 292 g/mol. The number of aryl methyl sites for hydroxylation is 1. The maximum atomic E-state index is 12.0. The Morgan fingerprint density at radius 3 is 2.48 bits per heavy atom. The largest absolute Gasteiger partial charge is 0.351 e. The fourth-order valence-electron chi connectivity index (χ4n) is 1.81. The number of pyridine rings is 1. The number of nitrogens with one attached hydrogen (secondary N) is 2. The minimum absolute atomic E-state index is 0.165. The quantitative estimate of drug-likeness (QED) is 0.730. The van der Waals surface area contributed by atoms with Crippen LogP contribution in [0, 0.1) is 6.92 Å². The highest BCUT2D eigenvalue weighted by molar-refractivity contribution is 5.97. The smallest absolute Gasteiger partial charge is 0.271 e. The van der Waals surface area contributed by atoms with Crippen molar-refractivity contribution < 1.29 is 9.59 Å². The highest BCUT2D eigenvalue weighted by Gasteiger charge is 2.14. The van der Waals surface area contributed by atoms with Crippen LogP contribution in [0.25, 0.3) is 0 Å². The second-order valence-corrected chi connectivity index (χ2v) is 5.03. The Labute approximate surface area is 125 Å². The average Bonchev–Trinajstić information content (AvgIpc) is 2.45. The van der Waals surface area contributed by atoms with E-state index in [1.54, 1.807) is 33.2 Å². The summed E-state index contributed by atoms with van der Waals surface area (Å²) in [5.41, 5.74) is 1.40. The van der Waals surface area contributed by atoms with Gasteiger partial charge < -0.3 is 15.5 Å². The molecule has 1 aromatic heterocycles. The summed E-state index contributed by atoms with van der Waals surface area (Å²) in [6, 6.07) is 3.23. The number of aromatic nitrogens is 1. The van der Waals surface area contributed by atoms with Crippen LogP contribution < -0.4 is 10.6 Å². The van der Waals surface area contributed by atoms with Gasteiger partial charge in [-0.1, -0.05) is 6.92 Å². The molecule has 6 nitrogen and oxygen atoms in total. The molecule has 0 bridgehead atoms. The number of hydrogen-bond acceptors (Lipinski definition) is 4. The second-order valence-electron chi connectivity index (χ2n) is 5.03. The summed E-state index contributed by atoms with van der Waals surface area (Å²) in [5, 5.41) is 6.05. The summed E-state index contributed by atoms with van der Waals surface area (Å²) >= 11 is 0. The molecule has 21 heavy (non-hydrogen) atoms. The number of hydrogen-bond donors (Lipinski definition) is 2. The van der Waals surface area contributed by atoms with E-state index in [1.165, 1.54) is 4.90 Å². The standard InChI is InChI=1S/C15H24N4O2/c1-5-8-16-9-10-17-14(20)12-6-7-13(18-11(12)2)15(21)19(3)4/h6-7,16H,5,8-10H2,1-4H3,(H,17,20). The summed E-state index contributed by atoms with van der Waals surface area (Å²) in [5.74, 6) is -0.337. The zero-order valence-electron chi connectivity index (χ0n) is 13.2. The van der Waals surface area contributed by atoms with Gasteiger partial charge >= 0.3 is 0 Å². The van der Waals surface area contributed by atoms with Gasteiger partial charge in [0.25, 0.3) is 11.8 Å². The van der Waals surface area contributed by atoms with Crippen molar-refractivity contribution in [3.05, 3.63) is 29.1 Å². The molecule has 0 radical (unpaired) electrons. The zero-order valence-corrected chi connectivity index (χ0v) is 13.2. The van der Waals surface area contributed by atoms with E-state index in [0.29, 0.717) is 23.5 Å². The fraction of sp³-hybridized carbons (Fsp3) is 0.533. The first-order valence-electron chi connectivity index (χ1n) is 7.15. The van der Waals surface area contributed by atoms with E-state index in [2.05, 4.69) is 22.5 Å². The van der Waals surface area contributed by atoms with E-state index < -0.39 is 0 Å². The van der Waals surface area contributed by atoms with Crippen LogP contribution in [0.5, 0.6) is 0 Å². The first kappa shape index (κ1) is 17.1. The number of carbonyl (C=O) groups excluding carboxylic acids is 2. The van der Waals surface area contributed by atoms with Crippen LogP contribution in [0.3, 0.4) is 0 Å². The van der Waals surface area contributed by atoms with Gasteiger partial charge in [0, 0.05) is 27.2 Å². The van der Waals surface area contributed by atoms with Gasteiger partial charge in [-0.15, -0.1) is 0 Å². The first-order chi connectivity index (χ1) is 9.97. The number of amides is 2. The van der Waals surface area contributed by atoms with Gasteiger partial charge in [-0.2, -0.15) is 0 Å². The zero-order chi connectivity index (χ0) is 15.8. The molecule has 0 atom stereocenters. The molecule has 2 N–H and O–H groups in total. The highest BCUT2D eigenvalue weighted by atomic mass is 16.2. The Morgan fingerprint density at radius 2 is 1.90 bits per heavy atom. The molecule has 0 aliphatic carbocycles. The van der Waals surface area contributed by atoms with E-state index in [9.17, 15) is 9.59 Å². The van der Waals surface area contributed by atoms with Crippen molar-refractivity contribution in [2.24, 2.45) is 0 Å². The average molecular weight is 292 g/mol. The summed E-state index contributed by atoms with van der Waals surface area (Å²) in [6.45, 7) is 6.07. The van der Waals surface area contributed by atoms with Gasteiger partial charge in [-0.3, -0.25) is 9.59 Å². The van der Waals surface area contributed by atoms with Crippen LogP contribution in [0.2, 0.25) is 0 Å². The molecule has 0 spiro atoms. The van der Waals surface area contributed by atoms with Crippen molar-refractivity contribution >= 4 is 11.8 Å². The normalized spacial score (nSPS) is 10.3. The Hall–Kier alpha value is -1.95. The topological polar surface area (TPSA) is 74.3 Å². The lowest BCUT2D eigenvalue weighted by molar-refractivity contribution is 0.0820. The molecular formula is C15H24N4O2. The van der Waals surface area contributed by atoms with Crippen LogP contribution >= 0.6 is 0 Å². The molecule has 1 heterocycles. The third kappa shape index (κ3) is 5.15. The van der Waals surface area contributed by atoms with Gasteiger partial charge in [0.2, 0.25) is 0 Å². The van der Waals surface area contributed by atoms with Crippen LogP contribution in [0.4, 0.5) is 0 Å². The SMILES string of the molecule is CCCNCCNC(=O)c1ccc(C(=O)N(C)C)nc1C. The number of carbonyl (C=O) groups is 2. The molecule has 1 aromatic rings. The Kier molecular flexibility index (Phi) is 6.81. The number of nitrogens with zero attached hydrogens (tertiary/aromatic N) is 2. The minimum atomic E-state index is -0.172. The predicted octanol–water partition coefficient (Wildman–Crippen LogP) is 0.821. The lowest BCUT2D eigenvalue weighted by atomic mass is 10.1. The molecule has 0 saturated carbocycles. The molecule has 6 heteroatoms.